The molecule has 156 valence electrons. The largest absolute Gasteiger partial charge is 0.361 e. The number of likely N-dealkylation sites (tertiary alicyclic amines) is 1. The molecule has 2 aliphatic heterocycles. The van der Waals surface area contributed by atoms with Crippen LogP contribution >= 0.6 is 0 Å². The van der Waals surface area contributed by atoms with Gasteiger partial charge in [0.1, 0.15) is 5.76 Å². The Hall–Kier alpha value is -2.19. The van der Waals surface area contributed by atoms with Gasteiger partial charge in [-0.05, 0) is 62.6 Å². The predicted molar refractivity (Wildman–Crippen MR) is 108 cm³/mol. The van der Waals surface area contributed by atoms with Crippen LogP contribution in [0.5, 0.6) is 0 Å². The molecule has 0 atom stereocenters. The van der Waals surface area contributed by atoms with E-state index in [0.29, 0.717) is 42.5 Å². The van der Waals surface area contributed by atoms with Crippen LogP contribution in [0.4, 0.5) is 0 Å². The number of hydrogen-bond donors (Lipinski definition) is 0. The van der Waals surface area contributed by atoms with E-state index in [9.17, 15) is 13.2 Å². The molecular weight excluding hydrogens is 390 g/mol. The Labute approximate surface area is 171 Å². The van der Waals surface area contributed by atoms with Crippen LogP contribution in [-0.4, -0.2) is 54.9 Å². The monoisotopic (exact) mass is 417 g/mol. The van der Waals surface area contributed by atoms with Gasteiger partial charge < -0.3 is 9.42 Å². The van der Waals surface area contributed by atoms with Gasteiger partial charge in [-0.15, -0.1) is 0 Å². The topological polar surface area (TPSA) is 83.7 Å². The summed E-state index contributed by atoms with van der Waals surface area (Å²) in [6.45, 7) is 7.81. The second-order valence-electron chi connectivity index (χ2n) is 8.47. The third-order valence-electron chi connectivity index (χ3n) is 6.32. The third kappa shape index (κ3) is 3.71. The molecule has 7 nitrogen and oxygen atoms in total. The van der Waals surface area contributed by atoms with Crippen molar-refractivity contribution < 1.29 is 17.7 Å². The summed E-state index contributed by atoms with van der Waals surface area (Å²) >= 11 is 0. The van der Waals surface area contributed by atoms with Crippen molar-refractivity contribution in [3.05, 3.63) is 46.8 Å². The Morgan fingerprint density at radius 2 is 1.76 bits per heavy atom. The molecule has 0 unspecified atom stereocenters. The average molecular weight is 418 g/mol. The molecule has 2 saturated heterocycles. The second-order valence-corrected chi connectivity index (χ2v) is 10.4. The summed E-state index contributed by atoms with van der Waals surface area (Å²) in [5, 5.41) is 3.83. The Morgan fingerprint density at radius 1 is 1.07 bits per heavy atom. The summed E-state index contributed by atoms with van der Waals surface area (Å²) in [4.78, 5) is 14.9. The third-order valence-corrected chi connectivity index (χ3v) is 8.36. The van der Waals surface area contributed by atoms with Gasteiger partial charge in [-0.1, -0.05) is 17.3 Å². The highest BCUT2D eigenvalue weighted by atomic mass is 32.2. The van der Waals surface area contributed by atoms with Crippen molar-refractivity contribution in [3.63, 3.8) is 0 Å². The number of sulfonamides is 1. The summed E-state index contributed by atoms with van der Waals surface area (Å²) in [5.74, 6) is 0.511. The number of hydrogen-bond acceptors (Lipinski definition) is 5. The zero-order chi connectivity index (χ0) is 20.8. The first-order chi connectivity index (χ1) is 13.7. The number of aromatic nitrogens is 1. The van der Waals surface area contributed by atoms with E-state index in [4.69, 9.17) is 4.52 Å². The zero-order valence-corrected chi connectivity index (χ0v) is 18.0. The van der Waals surface area contributed by atoms with E-state index in [-0.39, 0.29) is 11.3 Å². The fraction of sp³-hybridized carbons (Fsp3) is 0.524. The maximum absolute atomic E-state index is 13.2. The molecule has 1 aromatic heterocycles. The fourth-order valence-electron chi connectivity index (χ4n) is 4.47. The van der Waals surface area contributed by atoms with Gasteiger partial charge in [0.25, 0.3) is 5.91 Å². The minimum absolute atomic E-state index is 0.0118. The first-order valence-corrected chi connectivity index (χ1v) is 11.4. The smallest absolute Gasteiger partial charge is 0.276 e. The van der Waals surface area contributed by atoms with Gasteiger partial charge in [-0.25, -0.2) is 8.42 Å². The lowest BCUT2D eigenvalue weighted by Crippen LogP contribution is -2.44. The van der Waals surface area contributed by atoms with Crippen molar-refractivity contribution in [2.75, 3.05) is 26.2 Å². The Bertz CT molecular complexity index is 1040. The van der Waals surface area contributed by atoms with Crippen molar-refractivity contribution in [2.24, 2.45) is 5.41 Å². The molecule has 0 bridgehead atoms. The number of nitrogens with zero attached hydrogens (tertiary/aromatic N) is 3. The van der Waals surface area contributed by atoms with E-state index in [1.165, 1.54) is 0 Å². The van der Waals surface area contributed by atoms with Crippen LogP contribution in [0.1, 0.15) is 46.6 Å². The van der Waals surface area contributed by atoms with Crippen molar-refractivity contribution >= 4 is 15.9 Å². The van der Waals surface area contributed by atoms with Gasteiger partial charge in [-0.3, -0.25) is 4.79 Å². The van der Waals surface area contributed by atoms with Crippen molar-refractivity contribution in [1.82, 2.24) is 14.4 Å². The van der Waals surface area contributed by atoms with Crippen molar-refractivity contribution in [2.45, 2.75) is 44.9 Å². The standard InChI is InChI=1S/C21H27N3O4S/c1-15-4-5-16(2)19(12-15)29(26,27)24-10-7-21(8-11-24)6-9-23(14-21)20(25)18-13-17(3)28-22-18/h4-5,12-13H,6-11,14H2,1-3H3. The van der Waals surface area contributed by atoms with Gasteiger partial charge in [-0.2, -0.15) is 4.31 Å². The van der Waals surface area contributed by atoms with Gasteiger partial charge in [0.05, 0.1) is 4.90 Å². The van der Waals surface area contributed by atoms with Gasteiger partial charge >= 0.3 is 0 Å². The van der Waals surface area contributed by atoms with Crippen molar-refractivity contribution in [1.29, 1.82) is 0 Å². The van der Waals surface area contributed by atoms with Crippen LogP contribution in [-0.2, 0) is 10.0 Å². The molecule has 2 fully saturated rings. The first-order valence-electron chi connectivity index (χ1n) is 10.0. The molecule has 2 aromatic rings. The molecule has 8 heteroatoms. The Kier molecular flexibility index (Phi) is 5.02. The highest BCUT2D eigenvalue weighted by Gasteiger charge is 2.44. The number of aryl methyl sites for hydroxylation is 3. The molecule has 4 rings (SSSR count). The highest BCUT2D eigenvalue weighted by Crippen LogP contribution is 2.42. The number of rotatable bonds is 3. The summed E-state index contributed by atoms with van der Waals surface area (Å²) in [6.07, 6.45) is 2.42. The van der Waals surface area contributed by atoms with E-state index in [2.05, 4.69) is 5.16 Å². The molecule has 0 radical (unpaired) electrons. The van der Waals surface area contributed by atoms with Gasteiger partial charge in [0.15, 0.2) is 5.69 Å². The lowest BCUT2D eigenvalue weighted by Gasteiger charge is -2.38. The number of amides is 1. The number of carbonyl (C=O) groups excluding carboxylic acids is 1. The Morgan fingerprint density at radius 3 is 2.41 bits per heavy atom. The van der Waals surface area contributed by atoms with Crippen LogP contribution in [0.3, 0.4) is 0 Å². The quantitative estimate of drug-likeness (QED) is 0.767. The SMILES string of the molecule is Cc1ccc(C)c(S(=O)(=O)N2CCC3(CCN(C(=O)c4cc(C)on4)C3)CC2)c1. The molecule has 1 aromatic carbocycles. The van der Waals surface area contributed by atoms with Crippen molar-refractivity contribution in [3.8, 4) is 0 Å². The highest BCUT2D eigenvalue weighted by molar-refractivity contribution is 7.89. The molecule has 1 spiro atoms. The molecule has 1 amide bonds. The zero-order valence-electron chi connectivity index (χ0n) is 17.1. The van der Waals surface area contributed by atoms with E-state index in [0.717, 1.165) is 30.4 Å². The van der Waals surface area contributed by atoms with Crippen LogP contribution in [0.2, 0.25) is 0 Å². The molecule has 2 aliphatic rings. The van der Waals surface area contributed by atoms with Crippen LogP contribution in [0.25, 0.3) is 0 Å². The van der Waals surface area contributed by atoms with Crippen LogP contribution in [0.15, 0.2) is 33.7 Å². The number of piperidine rings is 1. The van der Waals surface area contributed by atoms with Crippen LogP contribution in [0, 0.1) is 26.2 Å². The maximum atomic E-state index is 13.2. The molecule has 0 N–H and O–H groups in total. The van der Waals surface area contributed by atoms with E-state index >= 15 is 0 Å². The fourth-order valence-corrected chi connectivity index (χ4v) is 6.22. The van der Waals surface area contributed by atoms with Gasteiger partial charge in [0, 0.05) is 32.2 Å². The lowest BCUT2D eigenvalue weighted by molar-refractivity contribution is 0.0740. The molecule has 0 aliphatic carbocycles. The number of benzene rings is 1. The predicted octanol–water partition coefficient (Wildman–Crippen LogP) is 2.92. The minimum atomic E-state index is -3.50. The van der Waals surface area contributed by atoms with Gasteiger partial charge in [0.2, 0.25) is 10.0 Å². The van der Waals surface area contributed by atoms with E-state index in [1.54, 1.807) is 23.4 Å². The molecule has 0 saturated carbocycles. The normalized spacial score (nSPS) is 19.8. The number of carbonyl (C=O) groups is 1. The second kappa shape index (κ2) is 7.25. The molecule has 29 heavy (non-hydrogen) atoms. The minimum Gasteiger partial charge on any atom is -0.361 e. The van der Waals surface area contributed by atoms with E-state index < -0.39 is 10.0 Å². The average Bonchev–Trinajstić information content (AvgIpc) is 3.30. The van der Waals surface area contributed by atoms with Crippen LogP contribution < -0.4 is 0 Å². The lowest BCUT2D eigenvalue weighted by atomic mass is 9.78. The molecule has 3 heterocycles. The Balaban J connectivity index is 1.44. The summed E-state index contributed by atoms with van der Waals surface area (Å²) in [6, 6.07) is 7.21. The summed E-state index contributed by atoms with van der Waals surface area (Å²) in [7, 11) is -3.50. The summed E-state index contributed by atoms with van der Waals surface area (Å²) < 4.78 is 33.0. The molecular formula is C21H27N3O4S. The maximum Gasteiger partial charge on any atom is 0.276 e. The summed E-state index contributed by atoms with van der Waals surface area (Å²) in [5.41, 5.74) is 2.05. The van der Waals surface area contributed by atoms with E-state index in [1.807, 2.05) is 30.9 Å². The first kappa shape index (κ1) is 20.1.